The Labute approximate surface area is 255 Å². The SMILES string of the molecule is CC(=O)Cl.CC(=O)N1CCN(C(=O)CCc2ccc(C(=O)N3Cc4cnn(C)c4Nc4cc(Cl)ccc43)cc2C)CC1. The van der Waals surface area contributed by atoms with Gasteiger partial charge in [0.05, 0.1) is 24.1 Å². The Morgan fingerprint density at radius 1 is 0.976 bits per heavy atom. The fraction of sp³-hybridized carbons (Fsp3) is 0.367. The van der Waals surface area contributed by atoms with Crippen molar-refractivity contribution in [3.63, 3.8) is 0 Å². The number of anilines is 3. The largest absolute Gasteiger partial charge is 0.339 e. The van der Waals surface area contributed by atoms with Crippen LogP contribution < -0.4 is 10.2 Å². The summed E-state index contributed by atoms with van der Waals surface area (Å²) < 4.78 is 1.75. The number of amides is 3. The van der Waals surface area contributed by atoms with Crippen LogP contribution in [0.5, 0.6) is 0 Å². The highest BCUT2D eigenvalue weighted by Crippen LogP contribution is 2.38. The van der Waals surface area contributed by atoms with Crippen LogP contribution in [0.15, 0.2) is 42.6 Å². The van der Waals surface area contributed by atoms with Crippen LogP contribution in [0.2, 0.25) is 5.02 Å². The number of hydrogen-bond acceptors (Lipinski definition) is 6. The van der Waals surface area contributed by atoms with Crippen LogP contribution in [-0.4, -0.2) is 68.7 Å². The fourth-order valence-electron chi connectivity index (χ4n) is 5.10. The van der Waals surface area contributed by atoms with Crippen LogP contribution in [0.1, 0.15) is 47.3 Å². The van der Waals surface area contributed by atoms with Crippen LogP contribution in [0, 0.1) is 6.92 Å². The van der Waals surface area contributed by atoms with E-state index in [4.69, 9.17) is 11.6 Å². The molecule has 10 nitrogen and oxygen atoms in total. The predicted molar refractivity (Wildman–Crippen MR) is 163 cm³/mol. The normalized spacial score (nSPS) is 14.1. The lowest BCUT2D eigenvalue weighted by Gasteiger charge is -2.34. The molecule has 0 unspecified atom stereocenters. The van der Waals surface area contributed by atoms with Crippen LogP contribution in [0.25, 0.3) is 0 Å². The fourth-order valence-corrected chi connectivity index (χ4v) is 5.28. The molecule has 1 fully saturated rings. The van der Waals surface area contributed by atoms with Crippen LogP contribution >= 0.6 is 23.2 Å². The van der Waals surface area contributed by atoms with E-state index in [2.05, 4.69) is 22.0 Å². The summed E-state index contributed by atoms with van der Waals surface area (Å²) in [5.41, 5.74) is 4.97. The minimum absolute atomic E-state index is 0.0481. The number of nitrogens with zero attached hydrogens (tertiary/aromatic N) is 5. The Morgan fingerprint density at radius 3 is 2.29 bits per heavy atom. The average molecular weight is 614 g/mol. The lowest BCUT2D eigenvalue weighted by atomic mass is 10.00. The molecular weight excluding hydrogens is 579 g/mol. The Kier molecular flexibility index (Phi) is 9.90. The smallest absolute Gasteiger partial charge is 0.258 e. The van der Waals surface area contributed by atoms with Crippen molar-refractivity contribution < 1.29 is 19.2 Å². The standard InChI is InChI=1S/C28H31ClN6O3.C2H3ClO/c1-18-14-21(5-4-20(18)6-9-26(37)34-12-10-33(11-13-34)19(2)36)28(38)35-17-22-16-30-32(3)27(22)31-24-15-23(29)7-8-25(24)35;1-2(3)4/h4-5,7-8,14-16,31H,6,9-13,17H2,1-3H3;1H3. The first-order valence-electron chi connectivity index (χ1n) is 13.6. The molecule has 0 radical (unpaired) electrons. The maximum Gasteiger partial charge on any atom is 0.258 e. The molecule has 3 amide bonds. The highest BCUT2D eigenvalue weighted by molar-refractivity contribution is 6.62. The second-order valence-corrected chi connectivity index (χ2v) is 11.3. The summed E-state index contributed by atoms with van der Waals surface area (Å²) in [6.07, 6.45) is 2.76. The Bertz CT molecular complexity index is 1510. The zero-order valence-electron chi connectivity index (χ0n) is 24.1. The van der Waals surface area contributed by atoms with Crippen molar-refractivity contribution in [1.29, 1.82) is 0 Å². The molecule has 3 aromatic rings. The van der Waals surface area contributed by atoms with E-state index >= 15 is 0 Å². The molecule has 42 heavy (non-hydrogen) atoms. The number of carbonyl (C=O) groups is 4. The summed E-state index contributed by atoms with van der Waals surface area (Å²) >= 11 is 10.9. The van der Waals surface area contributed by atoms with Gasteiger partial charge < -0.3 is 20.0 Å². The number of hydrogen-bond donors (Lipinski definition) is 1. The third kappa shape index (κ3) is 7.30. The Hall–Kier alpha value is -3.89. The number of carbonyl (C=O) groups excluding carboxylic acids is 4. The van der Waals surface area contributed by atoms with Gasteiger partial charge >= 0.3 is 0 Å². The van der Waals surface area contributed by atoms with Crippen molar-refractivity contribution >= 4 is 63.4 Å². The molecule has 0 bridgehead atoms. The summed E-state index contributed by atoms with van der Waals surface area (Å²) in [6.45, 7) is 7.50. The van der Waals surface area contributed by atoms with Crippen molar-refractivity contribution in [1.82, 2.24) is 19.6 Å². The van der Waals surface area contributed by atoms with E-state index in [1.54, 1.807) is 33.7 Å². The molecule has 5 rings (SSSR count). The zero-order valence-corrected chi connectivity index (χ0v) is 25.6. The molecule has 2 aliphatic heterocycles. The van der Waals surface area contributed by atoms with Gasteiger partial charge in [-0.2, -0.15) is 5.10 Å². The lowest BCUT2D eigenvalue weighted by molar-refractivity contribution is -0.138. The molecule has 0 spiro atoms. The van der Waals surface area contributed by atoms with E-state index in [0.717, 1.165) is 33.9 Å². The first kappa shape index (κ1) is 31.1. The predicted octanol–water partition coefficient (Wildman–Crippen LogP) is 4.68. The van der Waals surface area contributed by atoms with Crippen LogP contribution in [-0.2, 0) is 34.4 Å². The number of fused-ring (bicyclic) bond motifs is 2. The van der Waals surface area contributed by atoms with E-state index in [-0.39, 0.29) is 23.0 Å². The number of halogens is 2. The van der Waals surface area contributed by atoms with E-state index in [9.17, 15) is 19.2 Å². The van der Waals surface area contributed by atoms with Gasteiger partial charge in [0.15, 0.2) is 0 Å². The molecule has 0 saturated carbocycles. The summed E-state index contributed by atoms with van der Waals surface area (Å²) in [5, 5.41) is 7.93. The van der Waals surface area contributed by atoms with Gasteiger partial charge in [-0.3, -0.25) is 23.9 Å². The molecule has 0 atom stereocenters. The van der Waals surface area contributed by atoms with Gasteiger partial charge in [0, 0.05) is 69.6 Å². The monoisotopic (exact) mass is 612 g/mol. The van der Waals surface area contributed by atoms with Crippen molar-refractivity contribution in [3.8, 4) is 0 Å². The molecule has 12 heteroatoms. The zero-order chi connectivity index (χ0) is 30.6. The minimum Gasteiger partial charge on any atom is -0.339 e. The maximum atomic E-state index is 13.8. The summed E-state index contributed by atoms with van der Waals surface area (Å²) in [6, 6.07) is 11.1. The molecule has 3 heterocycles. The minimum atomic E-state index is -0.361. The number of benzene rings is 2. The van der Waals surface area contributed by atoms with Gasteiger partial charge in [0.25, 0.3) is 5.91 Å². The first-order chi connectivity index (χ1) is 19.9. The highest BCUT2D eigenvalue weighted by Gasteiger charge is 2.27. The van der Waals surface area contributed by atoms with Gasteiger partial charge in [0.1, 0.15) is 5.82 Å². The number of piperazine rings is 1. The molecule has 2 aromatic carbocycles. The van der Waals surface area contributed by atoms with Crippen molar-refractivity contribution in [2.45, 2.75) is 40.2 Å². The van der Waals surface area contributed by atoms with Crippen molar-refractivity contribution in [3.05, 3.63) is 69.9 Å². The van der Waals surface area contributed by atoms with Gasteiger partial charge in [-0.05, 0) is 66.4 Å². The Balaban J connectivity index is 0.000000952. The van der Waals surface area contributed by atoms with Crippen molar-refractivity contribution in [2.75, 3.05) is 36.4 Å². The molecule has 1 N–H and O–H groups in total. The average Bonchev–Trinajstić information content (AvgIpc) is 3.19. The van der Waals surface area contributed by atoms with Crippen molar-refractivity contribution in [2.24, 2.45) is 7.05 Å². The topological polar surface area (TPSA) is 108 Å². The quantitative estimate of drug-likeness (QED) is 0.429. The summed E-state index contributed by atoms with van der Waals surface area (Å²) in [4.78, 5) is 52.6. The number of rotatable bonds is 4. The maximum absolute atomic E-state index is 13.8. The molecule has 1 saturated heterocycles. The molecule has 0 aliphatic carbocycles. The summed E-state index contributed by atoms with van der Waals surface area (Å²) in [5.74, 6) is 0.836. The van der Waals surface area contributed by atoms with Gasteiger partial charge in [0.2, 0.25) is 17.1 Å². The third-order valence-corrected chi connectivity index (χ3v) is 7.60. The van der Waals surface area contributed by atoms with Gasteiger partial charge in [-0.1, -0.05) is 17.7 Å². The lowest BCUT2D eigenvalue weighted by Crippen LogP contribution is -2.50. The number of aromatic nitrogens is 2. The van der Waals surface area contributed by atoms with E-state index in [0.29, 0.717) is 56.2 Å². The molecule has 1 aromatic heterocycles. The van der Waals surface area contributed by atoms with E-state index in [1.165, 1.54) is 6.92 Å². The third-order valence-electron chi connectivity index (χ3n) is 7.37. The van der Waals surface area contributed by atoms with Crippen LogP contribution in [0.3, 0.4) is 0 Å². The second kappa shape index (κ2) is 13.4. The Morgan fingerprint density at radius 2 is 1.64 bits per heavy atom. The van der Waals surface area contributed by atoms with Gasteiger partial charge in [-0.15, -0.1) is 0 Å². The number of aryl methyl sites for hydroxylation is 3. The molecule has 2 aliphatic rings. The number of nitrogens with one attached hydrogen (secondary N) is 1. The second-order valence-electron chi connectivity index (χ2n) is 10.3. The van der Waals surface area contributed by atoms with Crippen LogP contribution in [0.4, 0.5) is 17.2 Å². The molecule has 222 valence electrons. The van der Waals surface area contributed by atoms with E-state index < -0.39 is 0 Å². The molecular formula is C30H34Cl2N6O4. The van der Waals surface area contributed by atoms with Gasteiger partial charge in [-0.25, -0.2) is 0 Å². The summed E-state index contributed by atoms with van der Waals surface area (Å²) in [7, 11) is 1.85. The highest BCUT2D eigenvalue weighted by atomic mass is 35.5. The first-order valence-corrected chi connectivity index (χ1v) is 14.4. The van der Waals surface area contributed by atoms with E-state index in [1.807, 2.05) is 49.2 Å².